The van der Waals surface area contributed by atoms with Crippen LogP contribution in [0, 0.1) is 11.3 Å². The zero-order valence-electron chi connectivity index (χ0n) is 8.60. The minimum absolute atomic E-state index is 0.200. The van der Waals surface area contributed by atoms with Crippen molar-refractivity contribution in [2.75, 3.05) is 5.75 Å². The second-order valence-electron chi connectivity index (χ2n) is 3.88. The van der Waals surface area contributed by atoms with Crippen LogP contribution in [0.25, 0.3) is 0 Å². The van der Waals surface area contributed by atoms with Crippen molar-refractivity contribution in [2.45, 2.75) is 24.2 Å². The Labute approximate surface area is 93.9 Å². The molecule has 0 aliphatic carbocycles. The number of nitriles is 1. The van der Waals surface area contributed by atoms with Gasteiger partial charge in [-0.25, -0.2) is 0 Å². The number of thioether (sulfide) groups is 1. The third-order valence-electron chi connectivity index (χ3n) is 3.02. The Morgan fingerprint density at radius 1 is 1.60 bits per heavy atom. The Bertz CT molecular complexity index is 412. The van der Waals surface area contributed by atoms with Crippen LogP contribution in [0.4, 0.5) is 0 Å². The molecule has 2 rings (SSSR count). The van der Waals surface area contributed by atoms with Crippen LogP contribution >= 0.6 is 11.8 Å². The van der Waals surface area contributed by atoms with E-state index in [0.29, 0.717) is 5.56 Å². The van der Waals surface area contributed by atoms with Crippen molar-refractivity contribution < 1.29 is 5.11 Å². The van der Waals surface area contributed by atoms with Gasteiger partial charge >= 0.3 is 0 Å². The highest BCUT2D eigenvalue weighted by Crippen LogP contribution is 2.42. The lowest BCUT2D eigenvalue weighted by Crippen LogP contribution is -2.31. The minimum atomic E-state index is -0.752. The van der Waals surface area contributed by atoms with Gasteiger partial charge in [0.05, 0.1) is 11.6 Å². The van der Waals surface area contributed by atoms with Gasteiger partial charge in [-0.05, 0) is 29.9 Å². The molecular weight excluding hydrogens is 206 g/mol. The van der Waals surface area contributed by atoms with Crippen LogP contribution in [0.2, 0.25) is 0 Å². The highest BCUT2D eigenvalue weighted by atomic mass is 32.2. The molecule has 1 aromatic carbocycles. The number of aliphatic hydroxyl groups is 1. The molecule has 15 heavy (non-hydrogen) atoms. The molecule has 0 radical (unpaired) electrons. The molecule has 1 aromatic rings. The first-order valence-electron chi connectivity index (χ1n) is 5.01. The molecule has 78 valence electrons. The normalized spacial score (nSPS) is 30.1. The maximum atomic E-state index is 10.5. The molecule has 0 amide bonds. The van der Waals surface area contributed by atoms with Gasteiger partial charge < -0.3 is 5.11 Å². The summed E-state index contributed by atoms with van der Waals surface area (Å²) in [6.07, 6.45) is 0.772. The van der Waals surface area contributed by atoms with E-state index < -0.39 is 5.60 Å². The molecule has 0 spiro atoms. The van der Waals surface area contributed by atoms with Crippen molar-refractivity contribution in [1.82, 2.24) is 0 Å². The number of hydrogen-bond donors (Lipinski definition) is 1. The molecule has 1 saturated heterocycles. The molecule has 1 fully saturated rings. The van der Waals surface area contributed by atoms with E-state index in [1.165, 1.54) is 0 Å². The number of hydrogen-bond acceptors (Lipinski definition) is 3. The van der Waals surface area contributed by atoms with E-state index >= 15 is 0 Å². The lowest BCUT2D eigenvalue weighted by molar-refractivity contribution is 0.0427. The van der Waals surface area contributed by atoms with Gasteiger partial charge in [-0.3, -0.25) is 0 Å². The van der Waals surface area contributed by atoms with E-state index in [2.05, 4.69) is 6.07 Å². The molecule has 0 saturated carbocycles. The van der Waals surface area contributed by atoms with E-state index in [9.17, 15) is 5.11 Å². The van der Waals surface area contributed by atoms with Crippen molar-refractivity contribution in [3.05, 3.63) is 35.4 Å². The molecular formula is C12H13NOS. The summed E-state index contributed by atoms with van der Waals surface area (Å²) >= 11 is 1.78. The van der Waals surface area contributed by atoms with E-state index in [4.69, 9.17) is 5.26 Å². The van der Waals surface area contributed by atoms with Crippen molar-refractivity contribution in [3.8, 4) is 6.07 Å². The third kappa shape index (κ3) is 1.75. The van der Waals surface area contributed by atoms with Crippen LogP contribution in [0.3, 0.4) is 0 Å². The van der Waals surface area contributed by atoms with Crippen molar-refractivity contribution in [2.24, 2.45) is 0 Å². The van der Waals surface area contributed by atoms with Crippen molar-refractivity contribution >= 4 is 11.8 Å². The molecule has 1 heterocycles. The smallest absolute Gasteiger partial charge is 0.102 e. The van der Waals surface area contributed by atoms with E-state index in [0.717, 1.165) is 17.7 Å². The van der Waals surface area contributed by atoms with E-state index in [-0.39, 0.29) is 5.25 Å². The van der Waals surface area contributed by atoms with Crippen molar-refractivity contribution in [3.63, 3.8) is 0 Å². The van der Waals surface area contributed by atoms with Gasteiger partial charge in [-0.15, -0.1) is 0 Å². The third-order valence-corrected chi connectivity index (χ3v) is 4.34. The average molecular weight is 219 g/mol. The van der Waals surface area contributed by atoms with Crippen LogP contribution < -0.4 is 0 Å². The van der Waals surface area contributed by atoms with Gasteiger partial charge in [-0.1, -0.05) is 19.1 Å². The first kappa shape index (κ1) is 10.5. The summed E-state index contributed by atoms with van der Waals surface area (Å²) in [5.41, 5.74) is 0.737. The lowest BCUT2D eigenvalue weighted by atomic mass is 9.88. The topological polar surface area (TPSA) is 44.0 Å². The predicted octanol–water partition coefficient (Wildman–Crippen LogP) is 2.27. The molecule has 0 bridgehead atoms. The molecule has 2 nitrogen and oxygen atoms in total. The zero-order chi connectivity index (χ0) is 10.9. The first-order chi connectivity index (χ1) is 7.16. The van der Waals surface area contributed by atoms with E-state index in [1.807, 2.05) is 19.1 Å². The predicted molar refractivity (Wildman–Crippen MR) is 61.6 cm³/mol. The van der Waals surface area contributed by atoms with Gasteiger partial charge in [0.2, 0.25) is 0 Å². The van der Waals surface area contributed by atoms with Gasteiger partial charge in [-0.2, -0.15) is 17.0 Å². The summed E-state index contributed by atoms with van der Waals surface area (Å²) in [7, 11) is 0. The number of nitrogens with zero attached hydrogens (tertiary/aromatic N) is 1. The number of benzene rings is 1. The minimum Gasteiger partial charge on any atom is -0.384 e. The Hall–Kier alpha value is -0.980. The zero-order valence-corrected chi connectivity index (χ0v) is 9.42. The fourth-order valence-corrected chi connectivity index (χ4v) is 3.28. The lowest BCUT2D eigenvalue weighted by Gasteiger charge is -2.27. The molecule has 1 N–H and O–H groups in total. The standard InChI is InChI=1S/C12H13NOS/c1-9-12(14,5-6-15-9)11-4-2-3-10(7-11)8-13/h2-4,7,9,14H,5-6H2,1H3/t9-,12+/m1/s1. The summed E-state index contributed by atoms with van der Waals surface area (Å²) in [6.45, 7) is 2.04. The molecule has 0 unspecified atom stereocenters. The Morgan fingerprint density at radius 3 is 3.00 bits per heavy atom. The maximum Gasteiger partial charge on any atom is 0.102 e. The largest absolute Gasteiger partial charge is 0.384 e. The van der Waals surface area contributed by atoms with Gasteiger partial charge in [0.25, 0.3) is 0 Å². The number of rotatable bonds is 1. The SMILES string of the molecule is C[C@H]1SCC[C@@]1(O)c1cccc(C#N)c1. The summed E-state index contributed by atoms with van der Waals surface area (Å²) in [5, 5.41) is 19.5. The molecule has 3 heteroatoms. The van der Waals surface area contributed by atoms with Gasteiger partial charge in [0.1, 0.15) is 5.60 Å². The highest BCUT2D eigenvalue weighted by Gasteiger charge is 2.40. The molecule has 2 atom stereocenters. The summed E-state index contributed by atoms with van der Waals surface area (Å²) in [4.78, 5) is 0. The molecule has 1 aliphatic rings. The summed E-state index contributed by atoms with van der Waals surface area (Å²) < 4.78 is 0. The quantitative estimate of drug-likeness (QED) is 0.788. The first-order valence-corrected chi connectivity index (χ1v) is 6.06. The summed E-state index contributed by atoms with van der Waals surface area (Å²) in [6, 6.07) is 9.40. The highest BCUT2D eigenvalue weighted by molar-refractivity contribution is 8.00. The van der Waals surface area contributed by atoms with Crippen LogP contribution in [0.5, 0.6) is 0 Å². The Kier molecular flexibility index (Phi) is 2.72. The fourth-order valence-electron chi connectivity index (χ4n) is 1.97. The Balaban J connectivity index is 2.41. The van der Waals surface area contributed by atoms with Crippen LogP contribution in [0.1, 0.15) is 24.5 Å². The van der Waals surface area contributed by atoms with Crippen LogP contribution in [-0.4, -0.2) is 16.1 Å². The Morgan fingerprint density at radius 2 is 2.40 bits per heavy atom. The van der Waals surface area contributed by atoms with E-state index in [1.54, 1.807) is 23.9 Å². The average Bonchev–Trinajstić information content (AvgIpc) is 2.61. The van der Waals surface area contributed by atoms with Crippen LogP contribution in [-0.2, 0) is 5.60 Å². The van der Waals surface area contributed by atoms with Crippen molar-refractivity contribution in [1.29, 1.82) is 5.26 Å². The second-order valence-corrected chi connectivity index (χ2v) is 5.33. The second kappa shape index (κ2) is 3.88. The monoisotopic (exact) mass is 219 g/mol. The molecule has 1 aliphatic heterocycles. The maximum absolute atomic E-state index is 10.5. The fraction of sp³-hybridized carbons (Fsp3) is 0.417. The molecule has 0 aromatic heterocycles. The van der Waals surface area contributed by atoms with Crippen LogP contribution in [0.15, 0.2) is 24.3 Å². The van der Waals surface area contributed by atoms with Gasteiger partial charge in [0, 0.05) is 5.25 Å². The summed E-state index contributed by atoms with van der Waals surface area (Å²) in [5.74, 6) is 0.981. The van der Waals surface area contributed by atoms with Gasteiger partial charge in [0.15, 0.2) is 0 Å².